The molecule has 0 spiro atoms. The molecular weight excluding hydrogens is 256 g/mol. The zero-order chi connectivity index (χ0) is 14.1. The maximum absolute atomic E-state index is 11.0. The average molecular weight is 270 g/mol. The third kappa shape index (κ3) is 2.16. The number of carboxylic acid groups (broad SMARTS) is 1. The van der Waals surface area contributed by atoms with Crippen LogP contribution in [0.4, 0.5) is 0 Å². The first kappa shape index (κ1) is 12.4. The van der Waals surface area contributed by atoms with E-state index in [0.717, 1.165) is 29.7 Å². The summed E-state index contributed by atoms with van der Waals surface area (Å²) in [6.45, 7) is 0.735. The summed E-state index contributed by atoms with van der Waals surface area (Å²) in [6.07, 6.45) is 4.33. The minimum atomic E-state index is -0.925. The highest BCUT2D eigenvalue weighted by molar-refractivity contribution is 5.92. The lowest BCUT2D eigenvalue weighted by atomic mass is 10.2. The van der Waals surface area contributed by atoms with Crippen LogP contribution in [0.5, 0.6) is 0 Å². The molecule has 3 rings (SSSR count). The molecule has 3 aromatic rings. The second-order valence-electron chi connectivity index (χ2n) is 4.64. The number of aryl methyl sites for hydroxylation is 3. The fourth-order valence-corrected chi connectivity index (χ4v) is 2.25. The van der Waals surface area contributed by atoms with Gasteiger partial charge in [-0.1, -0.05) is 0 Å². The van der Waals surface area contributed by atoms with Crippen LogP contribution >= 0.6 is 0 Å². The molecular formula is C14H14N4O2. The van der Waals surface area contributed by atoms with Crippen LogP contribution in [0.1, 0.15) is 16.1 Å². The van der Waals surface area contributed by atoms with Gasteiger partial charge >= 0.3 is 5.97 Å². The zero-order valence-corrected chi connectivity index (χ0v) is 11.0. The van der Waals surface area contributed by atoms with Crippen LogP contribution in [0.25, 0.3) is 11.0 Å². The van der Waals surface area contributed by atoms with E-state index in [1.54, 1.807) is 30.7 Å². The Labute approximate surface area is 115 Å². The smallest absolute Gasteiger partial charge is 0.335 e. The van der Waals surface area contributed by atoms with Gasteiger partial charge in [-0.15, -0.1) is 0 Å². The number of imidazole rings is 1. The Kier molecular flexibility index (Phi) is 2.98. The molecule has 0 amide bonds. The van der Waals surface area contributed by atoms with E-state index in [0.29, 0.717) is 0 Å². The molecule has 0 bridgehead atoms. The van der Waals surface area contributed by atoms with Crippen molar-refractivity contribution in [2.24, 2.45) is 7.05 Å². The molecule has 1 aromatic carbocycles. The lowest BCUT2D eigenvalue weighted by molar-refractivity contribution is 0.0697. The average Bonchev–Trinajstić information content (AvgIpc) is 3.02. The Balaban J connectivity index is 1.89. The van der Waals surface area contributed by atoms with Crippen molar-refractivity contribution in [1.82, 2.24) is 19.3 Å². The number of carboxylic acids is 1. The third-order valence-corrected chi connectivity index (χ3v) is 3.40. The van der Waals surface area contributed by atoms with Crippen LogP contribution in [0, 0.1) is 0 Å². The van der Waals surface area contributed by atoms with Gasteiger partial charge < -0.3 is 9.67 Å². The van der Waals surface area contributed by atoms with Gasteiger partial charge in [-0.2, -0.15) is 5.10 Å². The Bertz CT molecular complexity index is 772. The van der Waals surface area contributed by atoms with Crippen molar-refractivity contribution in [3.8, 4) is 0 Å². The van der Waals surface area contributed by atoms with Crippen molar-refractivity contribution in [3.63, 3.8) is 0 Å². The number of nitrogens with zero attached hydrogens (tertiary/aromatic N) is 4. The molecule has 1 N–H and O–H groups in total. The molecule has 20 heavy (non-hydrogen) atoms. The maximum atomic E-state index is 11.0. The molecule has 0 aliphatic heterocycles. The number of hydrogen-bond acceptors (Lipinski definition) is 3. The molecule has 0 saturated carbocycles. The number of benzene rings is 1. The van der Waals surface area contributed by atoms with Crippen molar-refractivity contribution < 1.29 is 9.90 Å². The number of carbonyl (C=O) groups is 1. The summed E-state index contributed by atoms with van der Waals surface area (Å²) in [5.41, 5.74) is 3.05. The number of aromatic carboxylic acids is 1. The van der Waals surface area contributed by atoms with Gasteiger partial charge in [-0.05, 0) is 24.3 Å². The van der Waals surface area contributed by atoms with Crippen LogP contribution < -0.4 is 0 Å². The van der Waals surface area contributed by atoms with Crippen LogP contribution in [-0.4, -0.2) is 30.4 Å². The highest BCUT2D eigenvalue weighted by Crippen LogP contribution is 2.16. The molecule has 0 radical (unpaired) electrons. The van der Waals surface area contributed by atoms with Gasteiger partial charge in [-0.3, -0.25) is 4.68 Å². The first-order valence-electron chi connectivity index (χ1n) is 6.30. The van der Waals surface area contributed by atoms with Crippen molar-refractivity contribution in [2.75, 3.05) is 0 Å². The normalized spacial score (nSPS) is 11.1. The van der Waals surface area contributed by atoms with Crippen LogP contribution in [-0.2, 0) is 20.0 Å². The van der Waals surface area contributed by atoms with Crippen molar-refractivity contribution in [3.05, 3.63) is 48.0 Å². The van der Waals surface area contributed by atoms with Gasteiger partial charge in [-0.25, -0.2) is 9.78 Å². The van der Waals surface area contributed by atoms with Crippen molar-refractivity contribution in [2.45, 2.75) is 13.0 Å². The highest BCUT2D eigenvalue weighted by Gasteiger charge is 2.08. The van der Waals surface area contributed by atoms with E-state index in [4.69, 9.17) is 5.11 Å². The third-order valence-electron chi connectivity index (χ3n) is 3.40. The van der Waals surface area contributed by atoms with Crippen molar-refractivity contribution >= 4 is 17.0 Å². The summed E-state index contributed by atoms with van der Waals surface area (Å²) in [6, 6.07) is 6.94. The molecule has 2 heterocycles. The standard InChI is InChI=1S/C14H14N4O2/c1-17-11(4-6-16-17)5-7-18-9-15-12-3-2-10(14(19)20)8-13(12)18/h2-4,6,8-9H,5,7H2,1H3,(H,19,20). The van der Waals surface area contributed by atoms with Crippen LogP contribution in [0.3, 0.4) is 0 Å². The minimum absolute atomic E-state index is 0.278. The molecule has 6 nitrogen and oxygen atoms in total. The summed E-state index contributed by atoms with van der Waals surface area (Å²) >= 11 is 0. The molecule has 0 aliphatic carbocycles. The molecule has 0 aliphatic rings. The minimum Gasteiger partial charge on any atom is -0.478 e. The number of aromatic nitrogens is 4. The van der Waals surface area contributed by atoms with E-state index in [-0.39, 0.29) is 5.56 Å². The monoisotopic (exact) mass is 270 g/mol. The van der Waals surface area contributed by atoms with Gasteiger partial charge in [0.1, 0.15) is 0 Å². The Hall–Kier alpha value is -2.63. The first-order valence-corrected chi connectivity index (χ1v) is 6.30. The van der Waals surface area contributed by atoms with Gasteiger partial charge in [0.15, 0.2) is 0 Å². The quantitative estimate of drug-likeness (QED) is 0.783. The largest absolute Gasteiger partial charge is 0.478 e. The fourth-order valence-electron chi connectivity index (χ4n) is 2.25. The van der Waals surface area contributed by atoms with Crippen LogP contribution in [0.15, 0.2) is 36.8 Å². The van der Waals surface area contributed by atoms with Gasteiger partial charge in [0.2, 0.25) is 0 Å². The van der Waals surface area contributed by atoms with E-state index in [1.165, 1.54) is 0 Å². The van der Waals surface area contributed by atoms with E-state index < -0.39 is 5.97 Å². The maximum Gasteiger partial charge on any atom is 0.335 e. The molecule has 0 unspecified atom stereocenters. The Morgan fingerprint density at radius 2 is 2.20 bits per heavy atom. The topological polar surface area (TPSA) is 72.9 Å². The van der Waals surface area contributed by atoms with Crippen LogP contribution in [0.2, 0.25) is 0 Å². The van der Waals surface area contributed by atoms with E-state index in [1.807, 2.05) is 22.4 Å². The SMILES string of the molecule is Cn1nccc1CCn1cnc2ccc(C(=O)O)cc21. The van der Waals surface area contributed by atoms with E-state index in [2.05, 4.69) is 10.1 Å². The molecule has 0 saturated heterocycles. The summed E-state index contributed by atoms with van der Waals surface area (Å²) in [5, 5.41) is 13.2. The molecule has 2 aromatic heterocycles. The second kappa shape index (κ2) is 4.80. The van der Waals surface area contributed by atoms with Gasteiger partial charge in [0.25, 0.3) is 0 Å². The van der Waals surface area contributed by atoms with E-state index >= 15 is 0 Å². The Morgan fingerprint density at radius 3 is 2.90 bits per heavy atom. The molecule has 0 fully saturated rings. The summed E-state index contributed by atoms with van der Waals surface area (Å²) in [5.74, 6) is -0.925. The highest BCUT2D eigenvalue weighted by atomic mass is 16.4. The predicted molar refractivity (Wildman–Crippen MR) is 73.6 cm³/mol. The molecule has 102 valence electrons. The zero-order valence-electron chi connectivity index (χ0n) is 11.0. The predicted octanol–water partition coefficient (Wildman–Crippen LogP) is 1.71. The lowest BCUT2D eigenvalue weighted by Crippen LogP contribution is -2.05. The summed E-state index contributed by atoms with van der Waals surface area (Å²) < 4.78 is 3.80. The van der Waals surface area contributed by atoms with Gasteiger partial charge in [0, 0.05) is 31.9 Å². The van der Waals surface area contributed by atoms with E-state index in [9.17, 15) is 4.79 Å². The Morgan fingerprint density at radius 1 is 1.35 bits per heavy atom. The van der Waals surface area contributed by atoms with Gasteiger partial charge in [0.05, 0.1) is 22.9 Å². The summed E-state index contributed by atoms with van der Waals surface area (Å²) in [7, 11) is 1.91. The molecule has 0 atom stereocenters. The van der Waals surface area contributed by atoms with Crippen molar-refractivity contribution in [1.29, 1.82) is 0 Å². The number of fused-ring (bicyclic) bond motifs is 1. The summed E-state index contributed by atoms with van der Waals surface area (Å²) in [4.78, 5) is 15.3. The number of hydrogen-bond donors (Lipinski definition) is 1. The number of rotatable bonds is 4. The molecule has 6 heteroatoms. The second-order valence-corrected chi connectivity index (χ2v) is 4.64. The lowest BCUT2D eigenvalue weighted by Gasteiger charge is -2.05. The fraction of sp³-hybridized carbons (Fsp3) is 0.214. The first-order chi connectivity index (χ1) is 9.65.